The number of hydrogen-bond donors (Lipinski definition) is 2. The van der Waals surface area contributed by atoms with Gasteiger partial charge in [-0.25, -0.2) is 0 Å². The summed E-state index contributed by atoms with van der Waals surface area (Å²) in [5, 5.41) is 8.71. The molecule has 2 nitrogen and oxygen atoms in total. The lowest BCUT2D eigenvalue weighted by atomic mass is 9.91. The van der Waals surface area contributed by atoms with E-state index in [1.165, 1.54) is 0 Å². The van der Waals surface area contributed by atoms with Crippen molar-refractivity contribution in [3.63, 3.8) is 0 Å². The third-order valence-electron chi connectivity index (χ3n) is 1.27. The van der Waals surface area contributed by atoms with Gasteiger partial charge in [-0.05, 0) is 12.8 Å². The first-order chi connectivity index (χ1) is 3.33. The van der Waals surface area contributed by atoms with Crippen molar-refractivity contribution in [2.24, 2.45) is 0 Å². The molecule has 1 rings (SSSR count). The Bertz CT molecular complexity index is 62.7. The van der Waals surface area contributed by atoms with Gasteiger partial charge >= 0.3 is 0 Å². The molecule has 0 bridgehead atoms. The summed E-state index contributed by atoms with van der Waals surface area (Å²) in [6.45, 7) is 0. The summed E-state index contributed by atoms with van der Waals surface area (Å²) in [7, 11) is 0. The molecule has 0 aliphatic heterocycles. The van der Waals surface area contributed by atoms with Crippen molar-refractivity contribution in [2.75, 3.05) is 0 Å². The average molecular weight is 213 g/mol. The smallest absolute Gasteiger partial charge is 0.0570 e. The van der Waals surface area contributed by atoms with Crippen molar-refractivity contribution in [1.82, 2.24) is 3.53 Å². The molecule has 1 saturated carbocycles. The molecule has 1 aliphatic carbocycles. The van der Waals surface area contributed by atoms with Crippen LogP contribution in [0.5, 0.6) is 0 Å². The van der Waals surface area contributed by atoms with E-state index in [4.69, 9.17) is 5.11 Å². The molecule has 0 spiro atoms. The molecule has 0 aromatic carbocycles. The van der Waals surface area contributed by atoms with Gasteiger partial charge in [-0.3, -0.25) is 3.53 Å². The standard InChI is InChI=1S/C4H8INO/c5-6-3-1-4(7)2-3/h3-4,6-7H,1-2H2. The first-order valence-electron chi connectivity index (χ1n) is 2.37. The van der Waals surface area contributed by atoms with Crippen molar-refractivity contribution in [1.29, 1.82) is 0 Å². The Balaban J connectivity index is 2.06. The van der Waals surface area contributed by atoms with E-state index < -0.39 is 0 Å². The van der Waals surface area contributed by atoms with Crippen molar-refractivity contribution in [2.45, 2.75) is 25.0 Å². The van der Waals surface area contributed by atoms with Crippen LogP contribution in [0, 0.1) is 0 Å². The lowest BCUT2D eigenvalue weighted by molar-refractivity contribution is 0.0738. The molecule has 1 aliphatic rings. The van der Waals surface area contributed by atoms with Gasteiger partial charge in [0, 0.05) is 28.9 Å². The molecular weight excluding hydrogens is 205 g/mol. The summed E-state index contributed by atoms with van der Waals surface area (Å²) in [5.74, 6) is 0. The molecule has 3 heteroatoms. The monoisotopic (exact) mass is 213 g/mol. The van der Waals surface area contributed by atoms with Crippen LogP contribution in [0.2, 0.25) is 0 Å². The highest BCUT2D eigenvalue weighted by atomic mass is 127. The van der Waals surface area contributed by atoms with Crippen LogP contribution in [0.15, 0.2) is 0 Å². The van der Waals surface area contributed by atoms with Crippen molar-refractivity contribution < 1.29 is 5.11 Å². The second-order valence-electron chi connectivity index (χ2n) is 1.93. The van der Waals surface area contributed by atoms with Crippen LogP contribution in [0.25, 0.3) is 0 Å². The van der Waals surface area contributed by atoms with Gasteiger partial charge in [-0.1, -0.05) is 0 Å². The molecule has 1 fully saturated rings. The predicted octanol–water partition coefficient (Wildman–Crippen LogP) is 0.449. The van der Waals surface area contributed by atoms with E-state index in [0.29, 0.717) is 6.04 Å². The minimum atomic E-state index is -0.0211. The first-order valence-corrected chi connectivity index (χ1v) is 3.45. The van der Waals surface area contributed by atoms with E-state index >= 15 is 0 Å². The Morgan fingerprint density at radius 3 is 2.29 bits per heavy atom. The molecule has 0 heterocycles. The van der Waals surface area contributed by atoms with E-state index in [1.807, 2.05) is 0 Å². The summed E-state index contributed by atoms with van der Waals surface area (Å²) in [6.07, 6.45) is 1.85. The maximum absolute atomic E-state index is 8.71. The van der Waals surface area contributed by atoms with Gasteiger partial charge in [0.15, 0.2) is 0 Å². The van der Waals surface area contributed by atoms with E-state index in [9.17, 15) is 0 Å². The quantitative estimate of drug-likeness (QED) is 0.489. The van der Waals surface area contributed by atoms with Gasteiger partial charge in [-0.15, -0.1) is 0 Å². The summed E-state index contributed by atoms with van der Waals surface area (Å²) < 4.78 is 3.04. The van der Waals surface area contributed by atoms with Crippen LogP contribution in [-0.4, -0.2) is 17.3 Å². The van der Waals surface area contributed by atoms with Crippen LogP contribution in [-0.2, 0) is 0 Å². The summed E-state index contributed by atoms with van der Waals surface area (Å²) in [5.41, 5.74) is 0. The first kappa shape index (κ1) is 5.78. The number of aliphatic hydroxyl groups is 1. The van der Waals surface area contributed by atoms with Crippen molar-refractivity contribution >= 4 is 22.9 Å². The van der Waals surface area contributed by atoms with E-state index in [-0.39, 0.29) is 6.10 Å². The largest absolute Gasteiger partial charge is 0.393 e. The average Bonchev–Trinajstić information content (AvgIpc) is 1.58. The number of halogens is 1. The molecule has 0 radical (unpaired) electrons. The molecule has 0 aromatic rings. The fourth-order valence-corrected chi connectivity index (χ4v) is 1.19. The number of aliphatic hydroxyl groups excluding tert-OH is 1. The SMILES string of the molecule is OC1CC(NI)C1. The molecule has 0 atom stereocenters. The molecule has 0 aromatic heterocycles. The Morgan fingerprint density at radius 1 is 1.57 bits per heavy atom. The van der Waals surface area contributed by atoms with Gasteiger partial charge in [-0.2, -0.15) is 0 Å². The van der Waals surface area contributed by atoms with Gasteiger partial charge in [0.2, 0.25) is 0 Å². The minimum absolute atomic E-state index is 0.0211. The zero-order chi connectivity index (χ0) is 5.28. The predicted molar refractivity (Wildman–Crippen MR) is 36.2 cm³/mol. The highest BCUT2D eigenvalue weighted by Crippen LogP contribution is 2.19. The zero-order valence-corrected chi connectivity index (χ0v) is 6.05. The van der Waals surface area contributed by atoms with Crippen molar-refractivity contribution in [3.05, 3.63) is 0 Å². The molecule has 42 valence electrons. The van der Waals surface area contributed by atoms with Gasteiger partial charge in [0.05, 0.1) is 6.10 Å². The molecule has 2 N–H and O–H groups in total. The second kappa shape index (κ2) is 2.28. The van der Waals surface area contributed by atoms with Crippen LogP contribution in [0.1, 0.15) is 12.8 Å². The Kier molecular flexibility index (Phi) is 1.88. The van der Waals surface area contributed by atoms with Gasteiger partial charge < -0.3 is 5.11 Å². The zero-order valence-electron chi connectivity index (χ0n) is 3.89. The van der Waals surface area contributed by atoms with Crippen LogP contribution in [0.3, 0.4) is 0 Å². The maximum Gasteiger partial charge on any atom is 0.0570 e. The third-order valence-corrected chi connectivity index (χ3v) is 2.15. The number of nitrogens with one attached hydrogen (secondary N) is 1. The Hall–Kier alpha value is 0.650. The minimum Gasteiger partial charge on any atom is -0.393 e. The molecule has 0 unspecified atom stereocenters. The summed E-state index contributed by atoms with van der Waals surface area (Å²) in [6, 6.07) is 0.579. The highest BCUT2D eigenvalue weighted by Gasteiger charge is 2.25. The number of hydrogen-bond acceptors (Lipinski definition) is 2. The fourth-order valence-electron chi connectivity index (χ4n) is 0.677. The van der Waals surface area contributed by atoms with E-state index in [2.05, 4.69) is 26.4 Å². The highest BCUT2D eigenvalue weighted by molar-refractivity contribution is 14.1. The van der Waals surface area contributed by atoms with Crippen LogP contribution < -0.4 is 3.53 Å². The lowest BCUT2D eigenvalue weighted by Crippen LogP contribution is -2.39. The molecular formula is C4H8INO. The Morgan fingerprint density at radius 2 is 2.14 bits per heavy atom. The third kappa shape index (κ3) is 1.27. The summed E-state index contributed by atoms with van der Waals surface area (Å²) >= 11 is 2.11. The Labute approximate surface area is 56.8 Å². The topological polar surface area (TPSA) is 32.3 Å². The summed E-state index contributed by atoms with van der Waals surface area (Å²) in [4.78, 5) is 0. The molecule has 0 saturated heterocycles. The van der Waals surface area contributed by atoms with Crippen LogP contribution in [0.4, 0.5) is 0 Å². The molecule has 7 heavy (non-hydrogen) atoms. The van der Waals surface area contributed by atoms with Crippen molar-refractivity contribution in [3.8, 4) is 0 Å². The normalized spacial score (nSPS) is 40.3. The number of rotatable bonds is 1. The van der Waals surface area contributed by atoms with E-state index in [1.54, 1.807) is 0 Å². The second-order valence-corrected chi connectivity index (χ2v) is 2.55. The van der Waals surface area contributed by atoms with E-state index in [0.717, 1.165) is 12.8 Å². The maximum atomic E-state index is 8.71. The molecule has 0 amide bonds. The fraction of sp³-hybridized carbons (Fsp3) is 1.00. The lowest BCUT2D eigenvalue weighted by Gasteiger charge is -2.29. The van der Waals surface area contributed by atoms with Gasteiger partial charge in [0.1, 0.15) is 0 Å². The van der Waals surface area contributed by atoms with Crippen LogP contribution >= 0.6 is 22.9 Å². The van der Waals surface area contributed by atoms with Gasteiger partial charge in [0.25, 0.3) is 0 Å².